The summed E-state index contributed by atoms with van der Waals surface area (Å²) in [5, 5.41) is 0.499. The van der Waals surface area contributed by atoms with Crippen molar-refractivity contribution in [2.45, 2.75) is 19.9 Å². The molecule has 3 heterocycles. The monoisotopic (exact) mass is 445 g/mol. The second kappa shape index (κ2) is 8.05. The molecule has 2 aromatic carbocycles. The van der Waals surface area contributed by atoms with E-state index in [0.29, 0.717) is 22.0 Å². The molecule has 0 fully saturated rings. The van der Waals surface area contributed by atoms with Gasteiger partial charge in [0.25, 0.3) is 11.8 Å². The molecule has 0 atom stereocenters. The van der Waals surface area contributed by atoms with Crippen molar-refractivity contribution >= 4 is 44.4 Å². The minimum atomic E-state index is -0.463. The highest BCUT2D eigenvalue weighted by Crippen LogP contribution is 2.32. The number of thiazole rings is 1. The van der Waals surface area contributed by atoms with E-state index in [2.05, 4.69) is 6.92 Å². The molecule has 1 aliphatic rings. The van der Waals surface area contributed by atoms with Crippen molar-refractivity contribution in [1.29, 1.82) is 0 Å². The normalized spacial score (nSPS) is 13.1. The fourth-order valence-electron chi connectivity index (χ4n) is 3.82. The molecular formula is C24H19N3O4S. The highest BCUT2D eigenvalue weighted by atomic mass is 32.1. The third-order valence-electron chi connectivity index (χ3n) is 5.47. The maximum Gasteiger partial charge on any atom is 0.262 e. The Hall–Kier alpha value is -3.78. The Morgan fingerprint density at radius 2 is 1.78 bits per heavy atom. The van der Waals surface area contributed by atoms with E-state index in [1.54, 1.807) is 36.4 Å². The average Bonchev–Trinajstić information content (AvgIpc) is 3.53. The molecule has 2 aromatic heterocycles. The molecule has 0 saturated carbocycles. The number of fused-ring (bicyclic) bond motifs is 2. The lowest BCUT2D eigenvalue weighted by molar-refractivity contribution is -0.119. The van der Waals surface area contributed by atoms with Crippen LogP contribution in [0.2, 0.25) is 0 Å². The molecule has 0 aliphatic carbocycles. The molecule has 0 radical (unpaired) electrons. The number of carbonyl (C=O) groups is 3. The smallest absolute Gasteiger partial charge is 0.262 e. The van der Waals surface area contributed by atoms with Gasteiger partial charge in [-0.15, -0.1) is 0 Å². The van der Waals surface area contributed by atoms with Crippen molar-refractivity contribution in [3.8, 4) is 0 Å². The summed E-state index contributed by atoms with van der Waals surface area (Å²) in [5.41, 5.74) is 2.58. The van der Waals surface area contributed by atoms with Crippen LogP contribution < -0.4 is 4.90 Å². The van der Waals surface area contributed by atoms with Crippen LogP contribution in [0.4, 0.5) is 5.13 Å². The minimum Gasteiger partial charge on any atom is -0.467 e. The Morgan fingerprint density at radius 1 is 1.03 bits per heavy atom. The van der Waals surface area contributed by atoms with Crippen LogP contribution in [0.15, 0.2) is 65.3 Å². The topological polar surface area (TPSA) is 83.7 Å². The van der Waals surface area contributed by atoms with Gasteiger partial charge in [0.1, 0.15) is 12.3 Å². The molecule has 5 rings (SSSR count). The Kier molecular flexibility index (Phi) is 5.07. The van der Waals surface area contributed by atoms with Crippen LogP contribution in [0, 0.1) is 0 Å². The van der Waals surface area contributed by atoms with Crippen LogP contribution in [0.3, 0.4) is 0 Å². The number of carbonyl (C=O) groups excluding carboxylic acids is 3. The average molecular weight is 446 g/mol. The maximum atomic E-state index is 13.4. The van der Waals surface area contributed by atoms with Gasteiger partial charge >= 0.3 is 0 Å². The molecule has 0 bridgehead atoms. The van der Waals surface area contributed by atoms with Gasteiger partial charge in [0.2, 0.25) is 5.91 Å². The molecule has 160 valence electrons. The Balaban J connectivity index is 1.48. The van der Waals surface area contributed by atoms with Gasteiger partial charge in [-0.25, -0.2) is 4.98 Å². The van der Waals surface area contributed by atoms with Crippen molar-refractivity contribution in [1.82, 2.24) is 9.88 Å². The number of amides is 3. The standard InChI is InChI=1S/C24H19N3O4S/c1-2-15-7-5-11-19-21(15)25-24(32-19)26(13-16-8-6-12-31-16)20(28)14-27-22(29)17-9-3-4-10-18(17)23(27)30/h3-12H,2,13-14H2,1H3. The zero-order valence-corrected chi connectivity index (χ0v) is 18.1. The predicted molar refractivity (Wildman–Crippen MR) is 121 cm³/mol. The van der Waals surface area contributed by atoms with Gasteiger partial charge in [0.05, 0.1) is 34.2 Å². The number of aryl methyl sites for hydroxylation is 1. The van der Waals surface area contributed by atoms with E-state index >= 15 is 0 Å². The number of rotatable bonds is 6. The van der Waals surface area contributed by atoms with Gasteiger partial charge in [0, 0.05) is 0 Å². The van der Waals surface area contributed by atoms with Gasteiger partial charge in [-0.1, -0.05) is 42.5 Å². The van der Waals surface area contributed by atoms with E-state index < -0.39 is 17.7 Å². The molecular weight excluding hydrogens is 426 g/mol. The number of furan rings is 1. The van der Waals surface area contributed by atoms with E-state index in [1.807, 2.05) is 18.2 Å². The minimum absolute atomic E-state index is 0.149. The quantitative estimate of drug-likeness (QED) is 0.414. The summed E-state index contributed by atoms with van der Waals surface area (Å²) in [5.74, 6) is -0.757. The first-order valence-electron chi connectivity index (χ1n) is 10.2. The largest absolute Gasteiger partial charge is 0.467 e. The fraction of sp³-hybridized carbons (Fsp3) is 0.167. The summed E-state index contributed by atoms with van der Waals surface area (Å²) in [6, 6.07) is 16.1. The lowest BCUT2D eigenvalue weighted by Gasteiger charge is -2.21. The number of benzene rings is 2. The molecule has 3 amide bonds. The number of hydrogen-bond acceptors (Lipinski definition) is 6. The molecule has 4 aromatic rings. The highest BCUT2D eigenvalue weighted by Gasteiger charge is 2.37. The van der Waals surface area contributed by atoms with Crippen molar-refractivity contribution < 1.29 is 18.8 Å². The molecule has 0 unspecified atom stereocenters. The van der Waals surface area contributed by atoms with Crippen LogP contribution in [0.25, 0.3) is 10.2 Å². The molecule has 0 spiro atoms. The van der Waals surface area contributed by atoms with Crippen molar-refractivity contribution in [2.24, 2.45) is 0 Å². The first kappa shape index (κ1) is 20.1. The molecule has 0 N–H and O–H groups in total. The first-order valence-corrected chi connectivity index (χ1v) is 11.0. The first-order chi connectivity index (χ1) is 15.6. The summed E-state index contributed by atoms with van der Waals surface area (Å²) in [6.45, 7) is 1.84. The maximum absolute atomic E-state index is 13.4. The molecule has 8 heteroatoms. The summed E-state index contributed by atoms with van der Waals surface area (Å²) in [7, 11) is 0. The lowest BCUT2D eigenvalue weighted by atomic mass is 10.1. The second-order valence-electron chi connectivity index (χ2n) is 7.42. The van der Waals surface area contributed by atoms with E-state index in [0.717, 1.165) is 27.1 Å². The van der Waals surface area contributed by atoms with Gasteiger partial charge in [-0.3, -0.25) is 24.2 Å². The lowest BCUT2D eigenvalue weighted by Crippen LogP contribution is -2.42. The summed E-state index contributed by atoms with van der Waals surface area (Å²) in [4.78, 5) is 46.1. The van der Waals surface area contributed by atoms with E-state index in [-0.39, 0.29) is 13.1 Å². The number of nitrogens with zero attached hydrogens (tertiary/aromatic N) is 3. The Bertz CT molecular complexity index is 1310. The highest BCUT2D eigenvalue weighted by molar-refractivity contribution is 7.22. The third-order valence-corrected chi connectivity index (χ3v) is 6.51. The summed E-state index contributed by atoms with van der Waals surface area (Å²) >= 11 is 1.40. The van der Waals surface area contributed by atoms with Gasteiger partial charge < -0.3 is 4.42 Å². The number of hydrogen-bond donors (Lipinski definition) is 0. The number of anilines is 1. The van der Waals surface area contributed by atoms with Crippen molar-refractivity contribution in [3.63, 3.8) is 0 Å². The van der Waals surface area contributed by atoms with Gasteiger partial charge in [-0.2, -0.15) is 0 Å². The molecule has 1 aliphatic heterocycles. The van der Waals surface area contributed by atoms with Crippen LogP contribution in [-0.4, -0.2) is 34.2 Å². The van der Waals surface area contributed by atoms with E-state index in [1.165, 1.54) is 22.5 Å². The summed E-state index contributed by atoms with van der Waals surface area (Å²) in [6.07, 6.45) is 2.36. The van der Waals surface area contributed by atoms with E-state index in [4.69, 9.17) is 9.40 Å². The number of imide groups is 1. The second-order valence-corrected chi connectivity index (χ2v) is 8.42. The Labute approximate surface area is 187 Å². The molecule has 7 nitrogen and oxygen atoms in total. The predicted octanol–water partition coefficient (Wildman–Crippen LogP) is 4.28. The molecule has 32 heavy (non-hydrogen) atoms. The van der Waals surface area contributed by atoms with Gasteiger partial charge in [0.15, 0.2) is 5.13 Å². The number of aromatic nitrogens is 1. The van der Waals surface area contributed by atoms with E-state index in [9.17, 15) is 14.4 Å². The number of para-hydroxylation sites is 1. The van der Waals surface area contributed by atoms with Crippen LogP contribution in [0.5, 0.6) is 0 Å². The zero-order chi connectivity index (χ0) is 22.2. The van der Waals surface area contributed by atoms with Crippen LogP contribution >= 0.6 is 11.3 Å². The molecule has 0 saturated heterocycles. The summed E-state index contributed by atoms with van der Waals surface area (Å²) < 4.78 is 6.42. The van der Waals surface area contributed by atoms with Crippen LogP contribution in [0.1, 0.15) is 39.0 Å². The SMILES string of the molecule is CCc1cccc2sc(N(Cc3ccco3)C(=O)CN3C(=O)c4ccccc4C3=O)nc12. The van der Waals surface area contributed by atoms with Crippen molar-refractivity contribution in [3.05, 3.63) is 83.3 Å². The van der Waals surface area contributed by atoms with Gasteiger partial charge in [-0.05, 0) is 42.3 Å². The third kappa shape index (κ3) is 3.38. The van der Waals surface area contributed by atoms with Crippen LogP contribution in [-0.2, 0) is 17.8 Å². The Morgan fingerprint density at radius 3 is 2.44 bits per heavy atom. The zero-order valence-electron chi connectivity index (χ0n) is 17.3. The van der Waals surface area contributed by atoms with Crippen molar-refractivity contribution in [2.75, 3.05) is 11.4 Å². The fourth-order valence-corrected chi connectivity index (χ4v) is 4.85.